The lowest BCUT2D eigenvalue weighted by Gasteiger charge is -2.43. The zero-order valence-corrected chi connectivity index (χ0v) is 53.5. The van der Waals surface area contributed by atoms with E-state index in [2.05, 4.69) is 52.1 Å². The van der Waals surface area contributed by atoms with Crippen LogP contribution < -0.4 is 36.2 Å². The van der Waals surface area contributed by atoms with E-state index in [4.69, 9.17) is 35.3 Å². The Balaban J connectivity index is 0.635. The number of hydrogen-bond donors (Lipinski definition) is 5. The van der Waals surface area contributed by atoms with E-state index < -0.39 is 36.7 Å². The van der Waals surface area contributed by atoms with Crippen molar-refractivity contribution in [3.8, 4) is 16.2 Å². The van der Waals surface area contributed by atoms with Crippen LogP contribution in [-0.2, 0) is 49.2 Å². The number of halogens is 1. The number of amides is 4. The summed E-state index contributed by atoms with van der Waals surface area (Å²) in [5, 5.41) is 23.9. The van der Waals surface area contributed by atoms with Gasteiger partial charge in [0.15, 0.2) is 5.82 Å². The Morgan fingerprint density at radius 2 is 1.47 bits per heavy atom. The molecule has 0 aliphatic carbocycles. The van der Waals surface area contributed by atoms with Crippen LogP contribution in [0.15, 0.2) is 78.4 Å². The van der Waals surface area contributed by atoms with Crippen LogP contribution in [-0.4, -0.2) is 202 Å². The van der Waals surface area contributed by atoms with Gasteiger partial charge in [-0.15, -0.1) is 11.3 Å². The van der Waals surface area contributed by atoms with E-state index in [-0.39, 0.29) is 56.9 Å². The van der Waals surface area contributed by atoms with Gasteiger partial charge < -0.3 is 69.3 Å². The highest BCUT2D eigenvalue weighted by atomic mass is 35.5. The Morgan fingerprint density at radius 1 is 0.816 bits per heavy atom. The van der Waals surface area contributed by atoms with Gasteiger partial charge in [-0.1, -0.05) is 68.8 Å². The molecule has 3 fully saturated rings. The number of likely N-dealkylation sites (tertiary alicyclic amines) is 1. The normalized spacial score (nSPS) is 17.3. The maximum Gasteiger partial charge on any atom is 0.246 e. The second kappa shape index (κ2) is 31.8. The largest absolute Gasteiger partial charge is 0.494 e. The van der Waals surface area contributed by atoms with Crippen molar-refractivity contribution < 1.29 is 52.5 Å². The molecule has 4 amide bonds. The van der Waals surface area contributed by atoms with Crippen LogP contribution in [0.3, 0.4) is 0 Å². The number of aliphatic hydroxyl groups is 1. The smallest absolute Gasteiger partial charge is 0.246 e. The molecule has 0 spiro atoms. The number of aliphatic hydroxyl groups excluding tert-OH is 1. The first-order chi connectivity index (χ1) is 41.7. The van der Waals surface area contributed by atoms with E-state index in [1.54, 1.807) is 31.8 Å². The van der Waals surface area contributed by atoms with Crippen LogP contribution in [0.1, 0.15) is 64.1 Å². The van der Waals surface area contributed by atoms with Crippen molar-refractivity contribution in [1.29, 1.82) is 0 Å². The number of nitrogens with one attached hydrogen (secondary N) is 4. The van der Waals surface area contributed by atoms with Crippen LogP contribution in [0.5, 0.6) is 5.75 Å². The van der Waals surface area contributed by atoms with Gasteiger partial charge in [0.1, 0.15) is 30.0 Å². The summed E-state index contributed by atoms with van der Waals surface area (Å²) in [6.45, 7) is 18.5. The predicted molar refractivity (Wildman–Crippen MR) is 340 cm³/mol. The molecule has 0 radical (unpaired) electrons. The summed E-state index contributed by atoms with van der Waals surface area (Å²) >= 11 is 8.07. The number of nitrogens with zero attached hydrogens (tertiary/aromatic N) is 7. The third-order valence-electron chi connectivity index (χ3n) is 15.7. The van der Waals surface area contributed by atoms with Crippen molar-refractivity contribution >= 4 is 87.8 Å². The fourth-order valence-corrected chi connectivity index (χ4v) is 13.0. The standard InChI is InChI=1S/C62H85ClN11O11PS/c1-42-56(87-41-66-42)44-14-12-43(13-15-44)38-64-59(78)51-37-47(75)40-74(51)60(79)57(62(2,3)4)69-54(76)20-28-82-30-32-84-34-35-85-33-31-83-29-21-55(77)73-26-24-72(25-27-73)45-18-22-71(23-19-45)46-16-17-49(52(36-46)81-5)68-61-65-39-48(63)58(70-61)67-50-10-8-9-11-53(50)86(6,7)80/h8-17,36,39,41,45,47,51,57,75H,18-35,37-38,40H2,1-7H3,(H,64,78)(H,69,76)(H2,65,67,68,70)/t47-,51+,57?/m1/s1. The Bertz CT molecular complexity index is 3130. The molecule has 1 unspecified atom stereocenters. The third kappa shape index (κ3) is 19.1. The van der Waals surface area contributed by atoms with E-state index in [1.807, 2.05) is 98.8 Å². The van der Waals surface area contributed by atoms with E-state index >= 15 is 0 Å². The molecule has 25 heteroatoms. The number of aryl methyl sites for hydroxylation is 1. The zero-order valence-electron chi connectivity index (χ0n) is 51.1. The highest BCUT2D eigenvalue weighted by molar-refractivity contribution is 7.70. The maximum atomic E-state index is 14.0. The van der Waals surface area contributed by atoms with Gasteiger partial charge >= 0.3 is 0 Å². The minimum absolute atomic E-state index is 0.0112. The summed E-state index contributed by atoms with van der Waals surface area (Å²) in [7, 11) is -0.933. The third-order valence-corrected chi connectivity index (χ3v) is 18.5. The quantitative estimate of drug-likeness (QED) is 0.0237. The van der Waals surface area contributed by atoms with Crippen LogP contribution in [0.2, 0.25) is 5.02 Å². The number of β-amino-alcohol motifs (C(OH)–C–C–N with tert-alkyl or cyclic N) is 1. The van der Waals surface area contributed by atoms with Crippen LogP contribution in [0, 0.1) is 12.3 Å². The lowest BCUT2D eigenvalue weighted by molar-refractivity contribution is -0.144. The van der Waals surface area contributed by atoms with Gasteiger partial charge in [0.25, 0.3) is 0 Å². The number of carbonyl (C=O) groups is 4. The molecule has 22 nitrogen and oxygen atoms in total. The fourth-order valence-electron chi connectivity index (χ4n) is 10.9. The number of aromatic nitrogens is 3. The molecule has 5 aromatic rings. The van der Waals surface area contributed by atoms with Crippen LogP contribution in [0.25, 0.3) is 10.4 Å². The lowest BCUT2D eigenvalue weighted by atomic mass is 9.85. The average Bonchev–Trinajstić information content (AvgIpc) is 2.66. The van der Waals surface area contributed by atoms with Crippen molar-refractivity contribution in [2.24, 2.45) is 5.41 Å². The van der Waals surface area contributed by atoms with Crippen molar-refractivity contribution in [2.45, 2.75) is 90.6 Å². The lowest BCUT2D eigenvalue weighted by Crippen LogP contribution is -2.57. The van der Waals surface area contributed by atoms with Crippen LogP contribution in [0.4, 0.5) is 28.8 Å². The molecule has 5 N–H and O–H groups in total. The molecule has 3 aliphatic heterocycles. The van der Waals surface area contributed by atoms with Gasteiger partial charge in [0.2, 0.25) is 29.6 Å². The number of piperazine rings is 1. The molecule has 0 bridgehead atoms. The molecule has 3 aromatic carbocycles. The Hall–Kier alpha value is -6.27. The Labute approximate surface area is 519 Å². The second-order valence-electron chi connectivity index (χ2n) is 23.4. The van der Waals surface area contributed by atoms with Gasteiger partial charge in [0.05, 0.1) is 106 Å². The summed E-state index contributed by atoms with van der Waals surface area (Å²) in [5.74, 6) is 0.289. The molecule has 2 aromatic heterocycles. The predicted octanol–water partition coefficient (Wildman–Crippen LogP) is 7.07. The first-order valence-electron chi connectivity index (χ1n) is 29.8. The number of piperidine rings is 1. The summed E-state index contributed by atoms with van der Waals surface area (Å²) in [6, 6.07) is 20.0. The maximum absolute atomic E-state index is 14.0. The number of thiazole rings is 1. The Morgan fingerprint density at radius 3 is 2.10 bits per heavy atom. The summed E-state index contributed by atoms with van der Waals surface area (Å²) < 4.78 is 41.4. The molecule has 3 saturated heterocycles. The number of benzene rings is 3. The minimum atomic E-state index is -2.57. The first-order valence-corrected chi connectivity index (χ1v) is 33.6. The molecule has 472 valence electrons. The highest BCUT2D eigenvalue weighted by Crippen LogP contribution is 2.39. The fraction of sp³-hybridized carbons (Fsp3) is 0.532. The van der Waals surface area contributed by atoms with Gasteiger partial charge in [-0.25, -0.2) is 9.97 Å². The number of rotatable bonds is 29. The monoisotopic (exact) mass is 1260 g/mol. The van der Waals surface area contributed by atoms with E-state index in [1.165, 1.54) is 11.1 Å². The van der Waals surface area contributed by atoms with Crippen molar-refractivity contribution in [3.63, 3.8) is 0 Å². The first kappa shape index (κ1) is 66.7. The molecule has 3 atom stereocenters. The SMILES string of the molecule is COc1cc(N2CCC(N3CCN(C(=O)CCOCCOCCOCCOCCC(=O)NC(C(=O)N4C[C@H](O)C[C@H]4C(=O)NCc4ccc(-c5scnc5C)cc4)C(C)(C)C)CC3)CC2)ccc1Nc1ncc(Cl)c(Nc2ccccc2P(C)(C)=O)n1. The Kier molecular flexibility index (Phi) is 24.3. The summed E-state index contributed by atoms with van der Waals surface area (Å²) in [4.78, 5) is 76.3. The van der Waals surface area contributed by atoms with Gasteiger partial charge in [-0.2, -0.15) is 4.98 Å². The number of hydrogen-bond acceptors (Lipinski definition) is 19. The van der Waals surface area contributed by atoms with Crippen molar-refractivity contribution in [1.82, 2.24) is 40.3 Å². The molecule has 0 saturated carbocycles. The van der Waals surface area contributed by atoms with Crippen LogP contribution >= 0.6 is 30.1 Å². The molecule has 87 heavy (non-hydrogen) atoms. The number of ether oxygens (including phenoxy) is 5. The number of para-hydroxylation sites is 1. The molecular formula is C62H85ClN11O11PS. The second-order valence-corrected chi connectivity index (χ2v) is 27.9. The summed E-state index contributed by atoms with van der Waals surface area (Å²) in [5.41, 5.74) is 6.47. The van der Waals surface area contributed by atoms with Crippen molar-refractivity contribution in [2.75, 3.05) is 135 Å². The van der Waals surface area contributed by atoms with E-state index in [0.29, 0.717) is 104 Å². The summed E-state index contributed by atoms with van der Waals surface area (Å²) in [6.07, 6.45) is 3.10. The van der Waals surface area contributed by atoms with Crippen molar-refractivity contribution in [3.05, 3.63) is 94.7 Å². The number of methoxy groups -OCH3 is 1. The van der Waals surface area contributed by atoms with Gasteiger partial charge in [0, 0.05) is 88.3 Å². The topological polar surface area (TPSA) is 251 Å². The zero-order chi connectivity index (χ0) is 62.1. The minimum Gasteiger partial charge on any atom is -0.494 e. The van der Waals surface area contributed by atoms with E-state index in [0.717, 1.165) is 66.4 Å². The molecular weight excluding hydrogens is 1170 g/mol. The highest BCUT2D eigenvalue weighted by Gasteiger charge is 2.44. The van der Waals surface area contributed by atoms with E-state index in [9.17, 15) is 28.8 Å². The van der Waals surface area contributed by atoms with Gasteiger partial charge in [-0.05, 0) is 73.9 Å². The number of anilines is 5. The average molecular weight is 1260 g/mol. The molecule has 3 aliphatic rings. The molecule has 8 rings (SSSR count). The number of carbonyl (C=O) groups excluding carboxylic acids is 4. The molecule has 5 heterocycles. The van der Waals surface area contributed by atoms with Gasteiger partial charge in [-0.3, -0.25) is 24.1 Å².